The molecule has 8 heteroatoms. The van der Waals surface area contributed by atoms with E-state index in [0.717, 1.165) is 6.07 Å². The summed E-state index contributed by atoms with van der Waals surface area (Å²) >= 11 is 0. The minimum atomic E-state index is -4.07. The first-order valence-electron chi connectivity index (χ1n) is 7.97. The van der Waals surface area contributed by atoms with Crippen molar-refractivity contribution in [3.8, 4) is 0 Å². The third-order valence-corrected chi connectivity index (χ3v) is 5.15. The molecule has 2 aromatic carbocycles. The van der Waals surface area contributed by atoms with E-state index in [9.17, 15) is 17.6 Å². The number of anilines is 2. The van der Waals surface area contributed by atoms with E-state index in [4.69, 9.17) is 0 Å². The molecule has 0 aliphatic heterocycles. The summed E-state index contributed by atoms with van der Waals surface area (Å²) in [7, 11) is -4.07. The number of aromatic nitrogens is 1. The van der Waals surface area contributed by atoms with Crippen LogP contribution in [0.1, 0.15) is 15.9 Å². The first kappa shape index (κ1) is 18.5. The van der Waals surface area contributed by atoms with Gasteiger partial charge in [-0.3, -0.25) is 9.52 Å². The van der Waals surface area contributed by atoms with Gasteiger partial charge in [0, 0.05) is 11.8 Å². The van der Waals surface area contributed by atoms with Crippen molar-refractivity contribution in [2.24, 2.45) is 0 Å². The van der Waals surface area contributed by atoms with Crippen molar-refractivity contribution in [1.29, 1.82) is 0 Å². The molecule has 1 aromatic heterocycles. The zero-order chi connectivity index (χ0) is 19.4. The average Bonchev–Trinajstić information content (AvgIpc) is 2.64. The van der Waals surface area contributed by atoms with Crippen LogP contribution in [0.5, 0.6) is 0 Å². The molecule has 0 atom stereocenters. The second-order valence-corrected chi connectivity index (χ2v) is 7.41. The number of amides is 1. The van der Waals surface area contributed by atoms with Gasteiger partial charge < -0.3 is 5.32 Å². The number of nitrogens with zero attached hydrogens (tertiary/aromatic N) is 1. The van der Waals surface area contributed by atoms with E-state index >= 15 is 0 Å². The molecular weight excluding hydrogens is 369 g/mol. The molecule has 1 amide bonds. The van der Waals surface area contributed by atoms with Crippen LogP contribution in [0.15, 0.2) is 71.8 Å². The fourth-order valence-electron chi connectivity index (χ4n) is 2.38. The molecule has 3 aromatic rings. The van der Waals surface area contributed by atoms with Gasteiger partial charge >= 0.3 is 0 Å². The lowest BCUT2D eigenvalue weighted by atomic mass is 10.1. The second-order valence-electron chi connectivity index (χ2n) is 5.73. The molecule has 0 unspecified atom stereocenters. The molecule has 0 fully saturated rings. The monoisotopic (exact) mass is 385 g/mol. The highest BCUT2D eigenvalue weighted by Crippen LogP contribution is 2.21. The van der Waals surface area contributed by atoms with Crippen molar-refractivity contribution in [2.75, 3.05) is 10.0 Å². The van der Waals surface area contributed by atoms with Crippen molar-refractivity contribution in [3.05, 3.63) is 83.8 Å². The molecule has 0 saturated heterocycles. The number of rotatable bonds is 5. The Morgan fingerprint density at radius 3 is 2.48 bits per heavy atom. The SMILES string of the molecule is Cc1ccc(S(=O)(=O)Nc2ccccc2F)cc1C(=O)Nc1ccccn1. The van der Waals surface area contributed by atoms with Crippen molar-refractivity contribution < 1.29 is 17.6 Å². The van der Waals surface area contributed by atoms with Gasteiger partial charge in [-0.1, -0.05) is 24.3 Å². The molecule has 138 valence electrons. The number of pyridine rings is 1. The zero-order valence-electron chi connectivity index (χ0n) is 14.3. The number of carbonyl (C=O) groups excluding carboxylic acids is 1. The van der Waals surface area contributed by atoms with Crippen molar-refractivity contribution in [2.45, 2.75) is 11.8 Å². The summed E-state index contributed by atoms with van der Waals surface area (Å²) < 4.78 is 41.1. The Hall–Kier alpha value is -3.26. The third-order valence-electron chi connectivity index (χ3n) is 3.79. The van der Waals surface area contributed by atoms with Gasteiger partial charge in [0.1, 0.15) is 11.6 Å². The topological polar surface area (TPSA) is 88.2 Å². The highest BCUT2D eigenvalue weighted by Gasteiger charge is 2.19. The predicted molar refractivity (Wildman–Crippen MR) is 101 cm³/mol. The van der Waals surface area contributed by atoms with Crippen LogP contribution in [-0.2, 0) is 10.0 Å². The van der Waals surface area contributed by atoms with E-state index < -0.39 is 21.7 Å². The van der Waals surface area contributed by atoms with E-state index in [1.54, 1.807) is 25.1 Å². The van der Waals surface area contributed by atoms with E-state index in [1.807, 2.05) is 0 Å². The summed E-state index contributed by atoms with van der Waals surface area (Å²) in [6.45, 7) is 1.69. The van der Waals surface area contributed by atoms with Crippen molar-refractivity contribution >= 4 is 27.4 Å². The smallest absolute Gasteiger partial charge is 0.262 e. The Labute approximate surface area is 156 Å². The number of nitrogens with one attached hydrogen (secondary N) is 2. The fraction of sp³-hybridized carbons (Fsp3) is 0.0526. The molecule has 27 heavy (non-hydrogen) atoms. The van der Waals surface area contributed by atoms with Gasteiger partial charge in [-0.05, 0) is 48.9 Å². The van der Waals surface area contributed by atoms with Gasteiger partial charge in [-0.25, -0.2) is 17.8 Å². The number of aryl methyl sites for hydroxylation is 1. The van der Waals surface area contributed by atoms with Gasteiger partial charge in [-0.15, -0.1) is 0 Å². The van der Waals surface area contributed by atoms with Crippen molar-refractivity contribution in [3.63, 3.8) is 0 Å². The highest BCUT2D eigenvalue weighted by atomic mass is 32.2. The maximum Gasteiger partial charge on any atom is 0.262 e. The van der Waals surface area contributed by atoms with Crippen LogP contribution in [0.25, 0.3) is 0 Å². The summed E-state index contributed by atoms with van der Waals surface area (Å²) in [6, 6.07) is 14.6. The Morgan fingerprint density at radius 1 is 1.04 bits per heavy atom. The quantitative estimate of drug-likeness (QED) is 0.703. The molecule has 0 saturated carbocycles. The number of hydrogen-bond acceptors (Lipinski definition) is 4. The third kappa shape index (κ3) is 4.29. The van der Waals surface area contributed by atoms with Gasteiger partial charge in [0.25, 0.3) is 15.9 Å². The molecule has 0 aliphatic carbocycles. The number of halogens is 1. The lowest BCUT2D eigenvalue weighted by Crippen LogP contribution is -2.17. The summed E-state index contributed by atoms with van der Waals surface area (Å²) in [4.78, 5) is 16.4. The zero-order valence-corrected chi connectivity index (χ0v) is 15.1. The van der Waals surface area contributed by atoms with Gasteiger partial charge in [0.15, 0.2) is 0 Å². The summed E-state index contributed by atoms with van der Waals surface area (Å²) in [5.41, 5.74) is 0.600. The maximum absolute atomic E-state index is 13.8. The molecule has 0 spiro atoms. The lowest BCUT2D eigenvalue weighted by molar-refractivity contribution is 0.102. The van der Waals surface area contributed by atoms with Gasteiger partial charge in [0.2, 0.25) is 0 Å². The van der Waals surface area contributed by atoms with Crippen LogP contribution in [0.2, 0.25) is 0 Å². The second kappa shape index (κ2) is 7.55. The van der Waals surface area contributed by atoms with Crippen LogP contribution in [-0.4, -0.2) is 19.3 Å². The Morgan fingerprint density at radius 2 is 1.78 bits per heavy atom. The van der Waals surface area contributed by atoms with Gasteiger partial charge in [0.05, 0.1) is 10.6 Å². The number of sulfonamides is 1. The molecule has 2 N–H and O–H groups in total. The molecule has 6 nitrogen and oxygen atoms in total. The lowest BCUT2D eigenvalue weighted by Gasteiger charge is -2.12. The summed E-state index contributed by atoms with van der Waals surface area (Å²) in [5.74, 6) is -0.838. The normalized spacial score (nSPS) is 11.0. The van der Waals surface area contributed by atoms with Crippen LogP contribution < -0.4 is 10.0 Å². The van der Waals surface area contributed by atoms with Crippen LogP contribution in [0.3, 0.4) is 0 Å². The minimum absolute atomic E-state index is 0.150. The van der Waals surface area contributed by atoms with Crippen LogP contribution >= 0.6 is 0 Å². The van der Waals surface area contributed by atoms with E-state index in [-0.39, 0.29) is 16.1 Å². The molecule has 3 rings (SSSR count). The molecule has 1 heterocycles. The molecule has 0 bridgehead atoms. The van der Waals surface area contributed by atoms with E-state index in [2.05, 4.69) is 15.0 Å². The number of carbonyl (C=O) groups is 1. The standard InChI is InChI=1S/C19H16FN3O3S/c1-13-9-10-14(27(25,26)23-17-7-3-2-6-16(17)20)12-15(13)19(24)22-18-8-4-5-11-21-18/h2-12,23H,1H3,(H,21,22,24). The average molecular weight is 385 g/mol. The maximum atomic E-state index is 13.8. The molecule has 0 aliphatic rings. The predicted octanol–water partition coefficient (Wildman–Crippen LogP) is 3.58. The largest absolute Gasteiger partial charge is 0.307 e. The Bertz CT molecular complexity index is 1090. The summed E-state index contributed by atoms with van der Waals surface area (Å²) in [6.07, 6.45) is 1.53. The highest BCUT2D eigenvalue weighted by molar-refractivity contribution is 7.92. The van der Waals surface area contributed by atoms with E-state index in [1.165, 1.54) is 42.6 Å². The van der Waals surface area contributed by atoms with Crippen LogP contribution in [0, 0.1) is 12.7 Å². The Balaban J connectivity index is 1.90. The van der Waals surface area contributed by atoms with Crippen molar-refractivity contribution in [1.82, 2.24) is 4.98 Å². The molecule has 0 radical (unpaired) electrons. The fourth-order valence-corrected chi connectivity index (χ4v) is 3.47. The Kier molecular flexibility index (Phi) is 5.18. The van der Waals surface area contributed by atoms with Crippen LogP contribution in [0.4, 0.5) is 15.9 Å². The van der Waals surface area contributed by atoms with Gasteiger partial charge in [-0.2, -0.15) is 0 Å². The summed E-state index contributed by atoms with van der Waals surface area (Å²) in [5, 5.41) is 2.61. The number of hydrogen-bond donors (Lipinski definition) is 2. The molecular formula is C19H16FN3O3S. The van der Waals surface area contributed by atoms with E-state index in [0.29, 0.717) is 11.4 Å². The minimum Gasteiger partial charge on any atom is -0.307 e. The first-order valence-corrected chi connectivity index (χ1v) is 9.45. The number of para-hydroxylation sites is 1. The number of benzene rings is 2. The first-order chi connectivity index (χ1) is 12.9.